The summed E-state index contributed by atoms with van der Waals surface area (Å²) in [5, 5.41) is 3.96. The molecule has 0 saturated heterocycles. The lowest BCUT2D eigenvalue weighted by molar-refractivity contribution is 0.310. The zero-order valence-corrected chi connectivity index (χ0v) is 12.7. The Labute approximate surface area is 118 Å². The van der Waals surface area contributed by atoms with Gasteiger partial charge in [-0.1, -0.05) is 5.16 Å². The minimum Gasteiger partial charge on any atom is -0.363 e. The van der Waals surface area contributed by atoms with E-state index in [4.69, 9.17) is 4.52 Å². The normalized spacial score (nSPS) is 11.3. The first-order chi connectivity index (χ1) is 9.40. The Morgan fingerprint density at radius 3 is 2.55 bits per heavy atom. The van der Waals surface area contributed by atoms with E-state index in [-0.39, 0.29) is 5.43 Å². The molecule has 0 aliphatic rings. The van der Waals surface area contributed by atoms with Crippen molar-refractivity contribution in [1.29, 1.82) is 0 Å². The molecule has 5 nitrogen and oxygen atoms in total. The molecule has 1 N–H and O–H groups in total. The molecular formula is C15H21N3O2. The Morgan fingerprint density at radius 2 is 1.95 bits per heavy atom. The highest BCUT2D eigenvalue weighted by molar-refractivity contribution is 5.24. The number of hydrogen-bond acceptors (Lipinski definition) is 4. The van der Waals surface area contributed by atoms with Crippen molar-refractivity contribution in [2.24, 2.45) is 0 Å². The van der Waals surface area contributed by atoms with E-state index >= 15 is 0 Å². The van der Waals surface area contributed by atoms with Crippen LogP contribution in [0.2, 0.25) is 0 Å². The number of nitrogens with zero attached hydrogens (tertiary/aromatic N) is 2. The fraction of sp³-hybridized carbons (Fsp3) is 0.467. The molecule has 0 spiro atoms. The second-order valence-electron chi connectivity index (χ2n) is 5.38. The molecule has 0 unspecified atom stereocenters. The summed E-state index contributed by atoms with van der Waals surface area (Å²) < 4.78 is 5.17. The predicted molar refractivity (Wildman–Crippen MR) is 77.7 cm³/mol. The second kappa shape index (κ2) is 5.63. The Bertz CT molecular complexity index is 651. The van der Waals surface area contributed by atoms with E-state index in [0.29, 0.717) is 6.54 Å². The van der Waals surface area contributed by atoms with E-state index in [9.17, 15) is 4.79 Å². The van der Waals surface area contributed by atoms with E-state index < -0.39 is 0 Å². The summed E-state index contributed by atoms with van der Waals surface area (Å²) in [6.07, 6.45) is 1.77. The molecule has 0 atom stereocenters. The van der Waals surface area contributed by atoms with Crippen LogP contribution < -0.4 is 5.43 Å². The van der Waals surface area contributed by atoms with Gasteiger partial charge in [-0.15, -0.1) is 0 Å². The Kier molecular flexibility index (Phi) is 4.09. The number of pyridine rings is 1. The molecular weight excluding hydrogens is 254 g/mol. The molecule has 2 rings (SSSR count). The summed E-state index contributed by atoms with van der Waals surface area (Å²) in [6, 6.07) is 0. The van der Waals surface area contributed by atoms with Gasteiger partial charge in [0.1, 0.15) is 5.76 Å². The monoisotopic (exact) mass is 275 g/mol. The van der Waals surface area contributed by atoms with Crippen molar-refractivity contribution in [3.05, 3.63) is 50.3 Å². The Hall–Kier alpha value is -1.88. The average Bonchev–Trinajstić information content (AvgIpc) is 2.71. The van der Waals surface area contributed by atoms with Crippen molar-refractivity contribution >= 4 is 0 Å². The van der Waals surface area contributed by atoms with E-state index in [0.717, 1.165) is 40.4 Å². The maximum Gasteiger partial charge on any atom is 0.187 e. The van der Waals surface area contributed by atoms with Gasteiger partial charge in [0.25, 0.3) is 0 Å². The molecule has 0 fully saturated rings. The van der Waals surface area contributed by atoms with Gasteiger partial charge in [0, 0.05) is 41.7 Å². The highest BCUT2D eigenvalue weighted by Gasteiger charge is 2.13. The fourth-order valence-corrected chi connectivity index (χ4v) is 2.29. The molecule has 0 amide bonds. The third-order valence-electron chi connectivity index (χ3n) is 3.65. The maximum absolute atomic E-state index is 11.9. The molecule has 2 heterocycles. The lowest BCUT2D eigenvalue weighted by Gasteiger charge is -2.17. The van der Waals surface area contributed by atoms with Crippen LogP contribution in [0.5, 0.6) is 0 Å². The number of H-pyrrole nitrogens is 1. The summed E-state index contributed by atoms with van der Waals surface area (Å²) in [5.41, 5.74) is 4.64. The summed E-state index contributed by atoms with van der Waals surface area (Å²) in [5.74, 6) is 0.850. The minimum absolute atomic E-state index is 0.115. The zero-order chi connectivity index (χ0) is 14.9. The summed E-state index contributed by atoms with van der Waals surface area (Å²) in [4.78, 5) is 17.3. The van der Waals surface area contributed by atoms with Crippen LogP contribution in [0.25, 0.3) is 0 Å². The van der Waals surface area contributed by atoms with Crippen molar-refractivity contribution in [2.75, 3.05) is 7.05 Å². The van der Waals surface area contributed by atoms with Crippen molar-refractivity contribution < 1.29 is 4.52 Å². The van der Waals surface area contributed by atoms with Gasteiger partial charge in [-0.3, -0.25) is 9.69 Å². The SMILES string of the molecule is Cc1noc(C)c1CN(C)Cc1[nH]cc(C)c(=O)c1C. The standard InChI is InChI=1S/C15H21N3O2/c1-9-6-16-14(10(2)15(9)19)8-18(5)7-13-11(3)17-20-12(13)4/h6H,7-8H2,1-5H3,(H,16,19). The van der Waals surface area contributed by atoms with Crippen LogP contribution in [0.3, 0.4) is 0 Å². The van der Waals surface area contributed by atoms with Gasteiger partial charge in [-0.2, -0.15) is 0 Å². The van der Waals surface area contributed by atoms with E-state index in [1.807, 2.05) is 34.7 Å². The van der Waals surface area contributed by atoms with Gasteiger partial charge in [-0.25, -0.2) is 0 Å². The molecule has 20 heavy (non-hydrogen) atoms. The van der Waals surface area contributed by atoms with Crippen LogP contribution in [0.15, 0.2) is 15.5 Å². The number of rotatable bonds is 4. The van der Waals surface area contributed by atoms with E-state index in [1.54, 1.807) is 6.20 Å². The molecule has 0 saturated carbocycles. The van der Waals surface area contributed by atoms with Crippen molar-refractivity contribution in [2.45, 2.75) is 40.8 Å². The highest BCUT2D eigenvalue weighted by atomic mass is 16.5. The van der Waals surface area contributed by atoms with Gasteiger partial charge in [0.05, 0.1) is 5.69 Å². The minimum atomic E-state index is 0.115. The third kappa shape index (κ3) is 2.82. The first kappa shape index (κ1) is 14.5. The number of aryl methyl sites for hydroxylation is 3. The quantitative estimate of drug-likeness (QED) is 0.929. The smallest absolute Gasteiger partial charge is 0.187 e. The lowest BCUT2D eigenvalue weighted by atomic mass is 10.1. The van der Waals surface area contributed by atoms with E-state index in [1.165, 1.54) is 0 Å². The fourth-order valence-electron chi connectivity index (χ4n) is 2.29. The van der Waals surface area contributed by atoms with Crippen LogP contribution in [0.4, 0.5) is 0 Å². The van der Waals surface area contributed by atoms with Gasteiger partial charge in [0.15, 0.2) is 5.43 Å². The molecule has 0 aromatic carbocycles. The highest BCUT2D eigenvalue weighted by Crippen LogP contribution is 2.15. The zero-order valence-electron chi connectivity index (χ0n) is 12.7. The average molecular weight is 275 g/mol. The molecule has 0 bridgehead atoms. The molecule has 0 aliphatic heterocycles. The Balaban J connectivity index is 2.15. The molecule has 2 aromatic rings. The van der Waals surface area contributed by atoms with Gasteiger partial charge < -0.3 is 9.51 Å². The van der Waals surface area contributed by atoms with Crippen molar-refractivity contribution in [3.63, 3.8) is 0 Å². The van der Waals surface area contributed by atoms with Gasteiger partial charge in [-0.05, 0) is 34.7 Å². The lowest BCUT2D eigenvalue weighted by Crippen LogP contribution is -2.22. The molecule has 5 heteroatoms. The van der Waals surface area contributed by atoms with Crippen molar-refractivity contribution in [3.8, 4) is 0 Å². The Morgan fingerprint density at radius 1 is 1.25 bits per heavy atom. The van der Waals surface area contributed by atoms with Crippen LogP contribution >= 0.6 is 0 Å². The number of hydrogen-bond donors (Lipinski definition) is 1. The summed E-state index contributed by atoms with van der Waals surface area (Å²) >= 11 is 0. The second-order valence-corrected chi connectivity index (χ2v) is 5.38. The van der Waals surface area contributed by atoms with Gasteiger partial charge >= 0.3 is 0 Å². The van der Waals surface area contributed by atoms with Crippen LogP contribution in [-0.2, 0) is 13.1 Å². The molecule has 108 valence electrons. The third-order valence-corrected chi connectivity index (χ3v) is 3.65. The summed E-state index contributed by atoms with van der Waals surface area (Å²) in [6.45, 7) is 8.98. The predicted octanol–water partition coefficient (Wildman–Crippen LogP) is 2.23. The van der Waals surface area contributed by atoms with Crippen LogP contribution in [-0.4, -0.2) is 22.1 Å². The van der Waals surface area contributed by atoms with E-state index in [2.05, 4.69) is 15.0 Å². The molecule has 0 radical (unpaired) electrons. The number of aromatic nitrogens is 2. The van der Waals surface area contributed by atoms with Gasteiger partial charge in [0.2, 0.25) is 0 Å². The van der Waals surface area contributed by atoms with Crippen molar-refractivity contribution in [1.82, 2.24) is 15.0 Å². The number of aromatic amines is 1. The first-order valence-corrected chi connectivity index (χ1v) is 6.68. The summed E-state index contributed by atoms with van der Waals surface area (Å²) in [7, 11) is 2.02. The number of nitrogens with one attached hydrogen (secondary N) is 1. The first-order valence-electron chi connectivity index (χ1n) is 6.68. The van der Waals surface area contributed by atoms with Crippen LogP contribution in [0.1, 0.15) is 33.8 Å². The molecule has 2 aromatic heterocycles. The van der Waals surface area contributed by atoms with Crippen LogP contribution in [0, 0.1) is 27.7 Å². The largest absolute Gasteiger partial charge is 0.363 e. The topological polar surface area (TPSA) is 62.1 Å². The maximum atomic E-state index is 11.9. The molecule has 0 aliphatic carbocycles.